The van der Waals surface area contributed by atoms with Gasteiger partial charge in [0.25, 0.3) is 5.91 Å². The van der Waals surface area contributed by atoms with Crippen molar-refractivity contribution < 1.29 is 24.5 Å². The van der Waals surface area contributed by atoms with Gasteiger partial charge in [-0.2, -0.15) is 0 Å². The van der Waals surface area contributed by atoms with Gasteiger partial charge in [0, 0.05) is 10.8 Å². The van der Waals surface area contributed by atoms with Crippen LogP contribution < -0.4 is 10.1 Å². The number of amides is 1. The molecule has 0 aliphatic heterocycles. The zero-order valence-electron chi connectivity index (χ0n) is 12.5. The van der Waals surface area contributed by atoms with E-state index in [2.05, 4.69) is 10.3 Å². The highest BCUT2D eigenvalue weighted by atomic mass is 35.5. The van der Waals surface area contributed by atoms with Gasteiger partial charge < -0.3 is 20.3 Å². The Morgan fingerprint density at radius 2 is 2.04 bits per heavy atom. The summed E-state index contributed by atoms with van der Waals surface area (Å²) in [6, 6.07) is 4.85. The number of fused-ring (bicyclic) bond motifs is 1. The minimum atomic E-state index is -1.21. The zero-order chi connectivity index (χ0) is 17.1. The number of nitrogens with zero attached hydrogens (tertiary/aromatic N) is 1. The van der Waals surface area contributed by atoms with Crippen LogP contribution in [0.5, 0.6) is 11.5 Å². The molecule has 2 rings (SSSR count). The van der Waals surface area contributed by atoms with Crippen molar-refractivity contribution in [2.75, 3.05) is 6.54 Å². The summed E-state index contributed by atoms with van der Waals surface area (Å²) in [4.78, 5) is 26.3. The van der Waals surface area contributed by atoms with E-state index < -0.39 is 18.4 Å². The van der Waals surface area contributed by atoms with Gasteiger partial charge in [0.05, 0.1) is 6.10 Å². The Hall–Kier alpha value is -2.54. The summed E-state index contributed by atoms with van der Waals surface area (Å²) in [5, 5.41) is 21.8. The summed E-state index contributed by atoms with van der Waals surface area (Å²) >= 11 is 6.04. The molecule has 0 fully saturated rings. The number of carboxylic acid groups (broad SMARTS) is 1. The first-order chi connectivity index (χ1) is 10.8. The molecule has 1 aromatic carbocycles. The highest BCUT2D eigenvalue weighted by Gasteiger charge is 2.19. The van der Waals surface area contributed by atoms with E-state index >= 15 is 0 Å². The number of halogens is 1. The largest absolute Gasteiger partial charge is 0.505 e. The van der Waals surface area contributed by atoms with Crippen molar-refractivity contribution in [3.63, 3.8) is 0 Å². The third-order valence-corrected chi connectivity index (χ3v) is 3.18. The summed E-state index contributed by atoms with van der Waals surface area (Å²) in [7, 11) is 0. The lowest BCUT2D eigenvalue weighted by molar-refractivity contribution is -0.135. The van der Waals surface area contributed by atoms with Crippen LogP contribution in [0.2, 0.25) is 5.15 Å². The molecule has 0 aliphatic carbocycles. The van der Waals surface area contributed by atoms with Crippen molar-refractivity contribution in [2.24, 2.45) is 0 Å². The van der Waals surface area contributed by atoms with Crippen LogP contribution in [0, 0.1) is 0 Å². The number of carboxylic acids is 1. The lowest BCUT2D eigenvalue weighted by atomic mass is 10.1. The van der Waals surface area contributed by atoms with Crippen LogP contribution in [0.1, 0.15) is 24.3 Å². The number of ether oxygens (including phenoxy) is 1. The fourth-order valence-corrected chi connectivity index (χ4v) is 2.23. The average molecular weight is 339 g/mol. The first kappa shape index (κ1) is 16.8. The Kier molecular flexibility index (Phi) is 4.90. The number of pyridine rings is 1. The molecular weight excluding hydrogens is 324 g/mol. The van der Waals surface area contributed by atoms with Crippen LogP contribution in [0.15, 0.2) is 18.2 Å². The van der Waals surface area contributed by atoms with Gasteiger partial charge in [-0.3, -0.25) is 9.59 Å². The molecule has 0 bridgehead atoms. The van der Waals surface area contributed by atoms with Crippen LogP contribution in [0.4, 0.5) is 0 Å². The second-order valence-corrected chi connectivity index (χ2v) is 5.41. The maximum atomic E-state index is 11.9. The van der Waals surface area contributed by atoms with Crippen LogP contribution in [0.3, 0.4) is 0 Å². The molecular formula is C15H15ClN2O5. The summed E-state index contributed by atoms with van der Waals surface area (Å²) < 4.78 is 5.54. The summed E-state index contributed by atoms with van der Waals surface area (Å²) in [5.74, 6) is -1.93. The van der Waals surface area contributed by atoms with Gasteiger partial charge in [0.15, 0.2) is 11.4 Å². The van der Waals surface area contributed by atoms with Crippen molar-refractivity contribution in [1.29, 1.82) is 0 Å². The predicted molar refractivity (Wildman–Crippen MR) is 84.2 cm³/mol. The summed E-state index contributed by atoms with van der Waals surface area (Å²) in [5.41, 5.74) is -0.342. The smallest absolute Gasteiger partial charge is 0.322 e. The predicted octanol–water partition coefficient (Wildman–Crippen LogP) is 2.20. The van der Waals surface area contributed by atoms with E-state index in [9.17, 15) is 14.7 Å². The molecule has 0 saturated carbocycles. The van der Waals surface area contributed by atoms with E-state index in [4.69, 9.17) is 21.4 Å². The average Bonchev–Trinajstić information content (AvgIpc) is 2.47. The molecule has 0 atom stereocenters. The van der Waals surface area contributed by atoms with Gasteiger partial charge in [0.2, 0.25) is 0 Å². The number of aliphatic carboxylic acids is 1. The number of aromatic hydroxyl groups is 1. The molecule has 8 heteroatoms. The van der Waals surface area contributed by atoms with E-state index in [0.717, 1.165) is 0 Å². The highest BCUT2D eigenvalue weighted by molar-refractivity contribution is 6.35. The molecule has 7 nitrogen and oxygen atoms in total. The van der Waals surface area contributed by atoms with Gasteiger partial charge in [-0.25, -0.2) is 4.98 Å². The van der Waals surface area contributed by atoms with Crippen molar-refractivity contribution in [3.05, 3.63) is 29.0 Å². The van der Waals surface area contributed by atoms with Crippen LogP contribution in [-0.4, -0.2) is 39.7 Å². The fraction of sp³-hybridized carbons (Fsp3) is 0.267. The lowest BCUT2D eigenvalue weighted by Gasteiger charge is -2.13. The van der Waals surface area contributed by atoms with Gasteiger partial charge in [0.1, 0.15) is 17.4 Å². The second-order valence-electron chi connectivity index (χ2n) is 5.05. The molecule has 2 aromatic rings. The first-order valence-electron chi connectivity index (χ1n) is 6.78. The van der Waals surface area contributed by atoms with Crippen molar-refractivity contribution >= 4 is 34.2 Å². The van der Waals surface area contributed by atoms with E-state index in [0.29, 0.717) is 16.5 Å². The van der Waals surface area contributed by atoms with Gasteiger partial charge in [-0.15, -0.1) is 0 Å². The molecule has 23 heavy (non-hydrogen) atoms. The van der Waals surface area contributed by atoms with Gasteiger partial charge in [-0.05, 0) is 32.0 Å². The summed E-state index contributed by atoms with van der Waals surface area (Å²) in [6.07, 6.45) is -0.0646. The molecule has 1 amide bonds. The quantitative estimate of drug-likeness (QED) is 0.721. The maximum Gasteiger partial charge on any atom is 0.322 e. The van der Waals surface area contributed by atoms with Crippen molar-refractivity contribution in [2.45, 2.75) is 20.0 Å². The molecule has 0 saturated heterocycles. The van der Waals surface area contributed by atoms with E-state index in [1.807, 2.05) is 13.8 Å². The monoisotopic (exact) mass is 338 g/mol. The minimum Gasteiger partial charge on any atom is -0.505 e. The van der Waals surface area contributed by atoms with Crippen LogP contribution in [-0.2, 0) is 4.79 Å². The number of carbonyl (C=O) groups excluding carboxylic acids is 1. The molecule has 3 N–H and O–H groups in total. The number of hydrogen-bond acceptors (Lipinski definition) is 5. The lowest BCUT2D eigenvalue weighted by Crippen LogP contribution is -2.30. The Balaban J connectivity index is 2.48. The molecule has 0 spiro atoms. The molecule has 1 aromatic heterocycles. The number of aromatic nitrogens is 1. The Bertz CT molecular complexity index is 776. The van der Waals surface area contributed by atoms with Crippen molar-refractivity contribution in [3.8, 4) is 11.5 Å². The van der Waals surface area contributed by atoms with E-state index in [1.165, 1.54) is 0 Å². The minimum absolute atomic E-state index is 0.0226. The first-order valence-corrected chi connectivity index (χ1v) is 7.16. The molecule has 0 unspecified atom stereocenters. The Morgan fingerprint density at radius 1 is 1.35 bits per heavy atom. The number of benzene rings is 1. The van der Waals surface area contributed by atoms with E-state index in [-0.39, 0.29) is 22.7 Å². The van der Waals surface area contributed by atoms with E-state index in [1.54, 1.807) is 18.2 Å². The fourth-order valence-electron chi connectivity index (χ4n) is 1.98. The number of carbonyl (C=O) groups is 2. The standard InChI is InChI=1S/C15H15ClN2O5/c1-7(2)23-8-3-4-9-10(5-8)13(21)12(18-14(9)16)15(22)17-6-11(19)20/h3-5,7,21H,6H2,1-2H3,(H,17,22)(H,19,20). The summed E-state index contributed by atoms with van der Waals surface area (Å²) in [6.45, 7) is 3.12. The molecule has 122 valence electrons. The van der Waals surface area contributed by atoms with Crippen LogP contribution >= 0.6 is 11.6 Å². The third-order valence-electron chi connectivity index (χ3n) is 2.89. The third kappa shape index (κ3) is 3.81. The molecule has 0 aliphatic rings. The number of hydrogen-bond donors (Lipinski definition) is 3. The molecule has 0 radical (unpaired) electrons. The maximum absolute atomic E-state index is 11.9. The van der Waals surface area contributed by atoms with Crippen molar-refractivity contribution in [1.82, 2.24) is 10.3 Å². The Labute approximate surface area is 136 Å². The highest BCUT2D eigenvalue weighted by Crippen LogP contribution is 2.34. The second kappa shape index (κ2) is 6.70. The SMILES string of the molecule is CC(C)Oc1ccc2c(Cl)nc(C(=O)NCC(=O)O)c(O)c2c1. The Morgan fingerprint density at radius 3 is 2.65 bits per heavy atom. The topological polar surface area (TPSA) is 109 Å². The van der Waals surface area contributed by atoms with Gasteiger partial charge in [-0.1, -0.05) is 11.6 Å². The molecule has 1 heterocycles. The normalized spacial score (nSPS) is 10.8. The zero-order valence-corrected chi connectivity index (χ0v) is 13.2. The number of nitrogens with one attached hydrogen (secondary N) is 1. The van der Waals surface area contributed by atoms with Crippen LogP contribution in [0.25, 0.3) is 10.8 Å². The number of rotatable bonds is 5. The van der Waals surface area contributed by atoms with Gasteiger partial charge >= 0.3 is 5.97 Å².